The van der Waals surface area contributed by atoms with Crippen LogP contribution in [0.2, 0.25) is 10.0 Å². The monoisotopic (exact) mass is 331 g/mol. The topological polar surface area (TPSA) is 49.8 Å². The molecule has 1 aromatic rings. The summed E-state index contributed by atoms with van der Waals surface area (Å²) in [6, 6.07) is 5.28. The van der Waals surface area contributed by atoms with Gasteiger partial charge in [0.1, 0.15) is 6.61 Å². The molecule has 0 amide bonds. The van der Waals surface area contributed by atoms with Crippen LogP contribution in [0.5, 0.6) is 5.75 Å². The summed E-state index contributed by atoms with van der Waals surface area (Å²) in [4.78, 5) is 12.9. The van der Waals surface area contributed by atoms with Gasteiger partial charge in [0.2, 0.25) is 0 Å². The van der Waals surface area contributed by atoms with Gasteiger partial charge in [0.05, 0.1) is 10.0 Å². The van der Waals surface area contributed by atoms with Gasteiger partial charge in [-0.3, -0.25) is 9.69 Å². The lowest BCUT2D eigenvalue weighted by molar-refractivity contribution is -0.137. The second kappa shape index (κ2) is 7.87. The highest BCUT2D eigenvalue weighted by molar-refractivity contribution is 6.37. The van der Waals surface area contributed by atoms with Gasteiger partial charge in [0, 0.05) is 19.5 Å². The first kappa shape index (κ1) is 16.4. The maximum atomic E-state index is 10.6. The predicted octanol–water partition coefficient (Wildman–Crippen LogP) is 3.56. The van der Waals surface area contributed by atoms with Crippen molar-refractivity contribution in [3.05, 3.63) is 28.2 Å². The third-order valence-electron chi connectivity index (χ3n) is 3.71. The molecule has 0 aromatic heterocycles. The Morgan fingerprint density at radius 2 is 2.10 bits per heavy atom. The molecule has 21 heavy (non-hydrogen) atoms. The van der Waals surface area contributed by atoms with Crippen molar-refractivity contribution < 1.29 is 14.6 Å². The molecule has 1 atom stereocenters. The lowest BCUT2D eigenvalue weighted by Gasteiger charge is -2.17. The molecule has 1 aliphatic rings. The van der Waals surface area contributed by atoms with Gasteiger partial charge in [-0.1, -0.05) is 29.3 Å². The molecule has 1 N–H and O–H groups in total. The van der Waals surface area contributed by atoms with Gasteiger partial charge < -0.3 is 9.84 Å². The third-order valence-corrected chi connectivity index (χ3v) is 4.30. The molecule has 0 spiro atoms. The van der Waals surface area contributed by atoms with Gasteiger partial charge in [0.25, 0.3) is 0 Å². The normalized spacial score (nSPS) is 18.9. The Morgan fingerprint density at radius 1 is 1.38 bits per heavy atom. The third kappa shape index (κ3) is 5.06. The number of ether oxygens (including phenoxy) is 1. The standard InChI is InChI=1S/C15H19Cl2NO3/c16-12-2-1-3-13(17)15(12)21-9-8-18-7-6-11(10-18)4-5-14(19)20/h1-3,11H,4-10H2,(H,19,20). The van der Waals surface area contributed by atoms with Crippen LogP contribution in [-0.2, 0) is 4.79 Å². The number of hydrogen-bond donors (Lipinski definition) is 1. The van der Waals surface area contributed by atoms with Crippen molar-refractivity contribution in [3.8, 4) is 5.75 Å². The van der Waals surface area contributed by atoms with E-state index in [4.69, 9.17) is 33.0 Å². The Kier molecular flexibility index (Phi) is 6.15. The number of carboxylic acids is 1. The average Bonchev–Trinajstić information content (AvgIpc) is 2.88. The van der Waals surface area contributed by atoms with Crippen molar-refractivity contribution in [2.75, 3.05) is 26.2 Å². The van der Waals surface area contributed by atoms with Crippen LogP contribution in [0.25, 0.3) is 0 Å². The number of para-hydroxylation sites is 1. The Labute approximate surface area is 134 Å². The molecule has 4 nitrogen and oxygen atoms in total. The zero-order valence-electron chi connectivity index (χ0n) is 11.7. The van der Waals surface area contributed by atoms with Crippen molar-refractivity contribution in [3.63, 3.8) is 0 Å². The van der Waals surface area contributed by atoms with E-state index in [9.17, 15) is 4.79 Å². The summed E-state index contributed by atoms with van der Waals surface area (Å²) < 4.78 is 5.66. The van der Waals surface area contributed by atoms with E-state index in [0.29, 0.717) is 28.3 Å². The molecule has 1 saturated heterocycles. The maximum Gasteiger partial charge on any atom is 0.303 e. The Balaban J connectivity index is 1.71. The molecule has 1 heterocycles. The lowest BCUT2D eigenvalue weighted by atomic mass is 10.0. The fourth-order valence-electron chi connectivity index (χ4n) is 2.58. The fourth-order valence-corrected chi connectivity index (χ4v) is 3.08. The number of carbonyl (C=O) groups is 1. The fraction of sp³-hybridized carbons (Fsp3) is 0.533. The van der Waals surface area contributed by atoms with E-state index in [2.05, 4.69) is 4.90 Å². The van der Waals surface area contributed by atoms with E-state index in [-0.39, 0.29) is 6.42 Å². The molecular formula is C15H19Cl2NO3. The Morgan fingerprint density at radius 3 is 2.76 bits per heavy atom. The number of carboxylic acid groups (broad SMARTS) is 1. The summed E-state index contributed by atoms with van der Waals surface area (Å²) >= 11 is 12.1. The number of aliphatic carboxylic acids is 1. The number of nitrogens with zero attached hydrogens (tertiary/aromatic N) is 1. The van der Waals surface area contributed by atoms with Crippen molar-refractivity contribution in [1.82, 2.24) is 4.90 Å². The van der Waals surface area contributed by atoms with Crippen molar-refractivity contribution in [2.45, 2.75) is 19.3 Å². The van der Waals surface area contributed by atoms with Gasteiger partial charge in [-0.25, -0.2) is 0 Å². The quantitative estimate of drug-likeness (QED) is 0.829. The minimum absolute atomic E-state index is 0.254. The largest absolute Gasteiger partial charge is 0.489 e. The second-order valence-electron chi connectivity index (χ2n) is 5.29. The molecular weight excluding hydrogens is 313 g/mol. The smallest absolute Gasteiger partial charge is 0.303 e. The first-order chi connectivity index (χ1) is 10.1. The zero-order chi connectivity index (χ0) is 15.2. The van der Waals surface area contributed by atoms with Crippen molar-refractivity contribution in [2.24, 2.45) is 5.92 Å². The highest BCUT2D eigenvalue weighted by Gasteiger charge is 2.22. The van der Waals surface area contributed by atoms with Crippen LogP contribution in [0.1, 0.15) is 19.3 Å². The van der Waals surface area contributed by atoms with Crippen LogP contribution in [0, 0.1) is 5.92 Å². The summed E-state index contributed by atoms with van der Waals surface area (Å²) in [6.45, 7) is 3.25. The molecule has 116 valence electrons. The first-order valence-corrected chi connectivity index (χ1v) is 7.83. The predicted molar refractivity (Wildman–Crippen MR) is 83.4 cm³/mol. The van der Waals surface area contributed by atoms with Crippen LogP contribution in [0.15, 0.2) is 18.2 Å². The minimum atomic E-state index is -0.717. The minimum Gasteiger partial charge on any atom is -0.489 e. The number of rotatable bonds is 7. The second-order valence-corrected chi connectivity index (χ2v) is 6.10. The Hall–Kier alpha value is -0.970. The summed E-state index contributed by atoms with van der Waals surface area (Å²) in [5.74, 6) is 0.289. The van der Waals surface area contributed by atoms with Crippen LogP contribution in [-0.4, -0.2) is 42.2 Å². The lowest BCUT2D eigenvalue weighted by Crippen LogP contribution is -2.26. The van der Waals surface area contributed by atoms with Crippen LogP contribution in [0.3, 0.4) is 0 Å². The molecule has 0 radical (unpaired) electrons. The molecule has 0 aliphatic carbocycles. The Bertz CT molecular complexity index is 476. The van der Waals surface area contributed by atoms with Gasteiger partial charge >= 0.3 is 5.97 Å². The number of benzene rings is 1. The molecule has 6 heteroatoms. The summed E-state index contributed by atoms with van der Waals surface area (Å²) in [7, 11) is 0. The van der Waals surface area contributed by atoms with Gasteiger partial charge in [-0.15, -0.1) is 0 Å². The molecule has 2 rings (SSSR count). The van der Waals surface area contributed by atoms with E-state index >= 15 is 0 Å². The van der Waals surface area contributed by atoms with E-state index < -0.39 is 5.97 Å². The molecule has 0 bridgehead atoms. The van der Waals surface area contributed by atoms with E-state index in [0.717, 1.165) is 32.5 Å². The van der Waals surface area contributed by atoms with Crippen molar-refractivity contribution >= 4 is 29.2 Å². The maximum absolute atomic E-state index is 10.6. The van der Waals surface area contributed by atoms with Gasteiger partial charge in [0.15, 0.2) is 5.75 Å². The van der Waals surface area contributed by atoms with Crippen LogP contribution < -0.4 is 4.74 Å². The highest BCUT2D eigenvalue weighted by Crippen LogP contribution is 2.32. The van der Waals surface area contributed by atoms with E-state index in [1.54, 1.807) is 18.2 Å². The summed E-state index contributed by atoms with van der Waals surface area (Å²) in [5.41, 5.74) is 0. The van der Waals surface area contributed by atoms with Crippen LogP contribution >= 0.6 is 23.2 Å². The van der Waals surface area contributed by atoms with Crippen molar-refractivity contribution in [1.29, 1.82) is 0 Å². The SMILES string of the molecule is O=C(O)CCC1CCN(CCOc2c(Cl)cccc2Cl)C1. The number of hydrogen-bond acceptors (Lipinski definition) is 3. The van der Waals surface area contributed by atoms with E-state index in [1.807, 2.05) is 0 Å². The average molecular weight is 332 g/mol. The zero-order valence-corrected chi connectivity index (χ0v) is 13.2. The molecule has 1 unspecified atom stereocenters. The van der Waals surface area contributed by atoms with Crippen LogP contribution in [0.4, 0.5) is 0 Å². The molecule has 1 fully saturated rings. The summed E-state index contributed by atoms with van der Waals surface area (Å²) in [5, 5.41) is 9.73. The summed E-state index contributed by atoms with van der Waals surface area (Å²) in [6.07, 6.45) is 2.06. The highest BCUT2D eigenvalue weighted by atomic mass is 35.5. The van der Waals surface area contributed by atoms with E-state index in [1.165, 1.54) is 0 Å². The molecule has 1 aromatic carbocycles. The number of likely N-dealkylation sites (tertiary alicyclic amines) is 1. The van der Waals surface area contributed by atoms with Gasteiger partial charge in [-0.2, -0.15) is 0 Å². The molecule has 0 saturated carbocycles. The molecule has 1 aliphatic heterocycles. The number of halogens is 2. The first-order valence-electron chi connectivity index (χ1n) is 7.07. The van der Waals surface area contributed by atoms with Gasteiger partial charge in [-0.05, 0) is 37.4 Å².